The molecule has 2 aromatic heterocycles. The Morgan fingerprint density at radius 2 is 2.03 bits per heavy atom. The van der Waals surface area contributed by atoms with Gasteiger partial charge in [0.15, 0.2) is 33.6 Å². The monoisotopic (exact) mass is 450 g/mol. The molecule has 4 heterocycles. The molecule has 3 aromatic rings. The Kier molecular flexibility index (Phi) is 5.81. The van der Waals surface area contributed by atoms with E-state index in [4.69, 9.17) is 26.6 Å². The number of ether oxygens (including phenoxy) is 2. The van der Waals surface area contributed by atoms with Crippen LogP contribution in [-0.4, -0.2) is 57.3 Å². The molecular formula is C23H26N6O2S. The van der Waals surface area contributed by atoms with Crippen LogP contribution in [-0.2, 0) is 6.54 Å². The van der Waals surface area contributed by atoms with Crippen molar-refractivity contribution in [1.29, 1.82) is 0 Å². The number of imidazole rings is 1. The van der Waals surface area contributed by atoms with E-state index in [2.05, 4.69) is 32.4 Å². The fourth-order valence-corrected chi connectivity index (χ4v) is 5.38. The fourth-order valence-electron chi connectivity index (χ4n) is 4.37. The number of hydrogen-bond acceptors (Lipinski definition) is 8. The van der Waals surface area contributed by atoms with Crippen LogP contribution in [0.3, 0.4) is 0 Å². The minimum Gasteiger partial charge on any atom is -0.486 e. The molecule has 32 heavy (non-hydrogen) atoms. The Bertz CT molecular complexity index is 1190. The number of hydrogen-bond donors (Lipinski definition) is 1. The molecule has 0 bridgehead atoms. The first-order chi connectivity index (χ1) is 15.6. The molecule has 1 atom stereocenters. The highest BCUT2D eigenvalue weighted by atomic mass is 32.2. The maximum Gasteiger partial charge on any atom is 0.175 e. The number of likely N-dealkylation sites (tertiary alicyclic amines) is 1. The number of nitrogens with two attached hydrogens (primary N) is 1. The molecule has 2 aliphatic heterocycles. The van der Waals surface area contributed by atoms with Gasteiger partial charge in [0, 0.05) is 29.1 Å². The molecule has 1 unspecified atom stereocenters. The number of aryl methyl sites for hydroxylation is 1. The highest BCUT2D eigenvalue weighted by Crippen LogP contribution is 2.40. The summed E-state index contributed by atoms with van der Waals surface area (Å²) in [5.41, 5.74) is 8.23. The van der Waals surface area contributed by atoms with Gasteiger partial charge in [-0.25, -0.2) is 15.0 Å². The Balaban J connectivity index is 1.50. The second-order valence-corrected chi connectivity index (χ2v) is 9.14. The van der Waals surface area contributed by atoms with Crippen LogP contribution in [0, 0.1) is 12.3 Å². The smallest absolute Gasteiger partial charge is 0.175 e. The zero-order valence-corrected chi connectivity index (χ0v) is 18.9. The van der Waals surface area contributed by atoms with Gasteiger partial charge in [-0.2, -0.15) is 0 Å². The van der Waals surface area contributed by atoms with Crippen molar-refractivity contribution < 1.29 is 9.47 Å². The third-order valence-electron chi connectivity index (χ3n) is 6.13. The van der Waals surface area contributed by atoms with Crippen molar-refractivity contribution in [3.8, 4) is 23.8 Å². The molecule has 1 fully saturated rings. The summed E-state index contributed by atoms with van der Waals surface area (Å²) in [7, 11) is 2.21. The number of rotatable bonds is 5. The van der Waals surface area contributed by atoms with E-state index in [1.165, 1.54) is 37.4 Å². The van der Waals surface area contributed by atoms with Gasteiger partial charge in [0.05, 0.1) is 0 Å². The third kappa shape index (κ3) is 3.96. The van der Waals surface area contributed by atoms with E-state index in [0.29, 0.717) is 42.1 Å². The molecule has 0 aliphatic carbocycles. The Hall–Kier alpha value is -2.96. The molecule has 0 amide bonds. The first-order valence-electron chi connectivity index (χ1n) is 10.9. The summed E-state index contributed by atoms with van der Waals surface area (Å²) in [6.45, 7) is 2.98. The molecule has 5 rings (SSSR count). The van der Waals surface area contributed by atoms with Crippen LogP contribution in [0.15, 0.2) is 28.5 Å². The summed E-state index contributed by atoms with van der Waals surface area (Å²) in [5.74, 6) is 4.52. The van der Waals surface area contributed by atoms with Crippen LogP contribution in [0.25, 0.3) is 11.2 Å². The van der Waals surface area contributed by atoms with Crippen LogP contribution in [0.1, 0.15) is 31.2 Å². The maximum absolute atomic E-state index is 6.13. The van der Waals surface area contributed by atoms with Gasteiger partial charge >= 0.3 is 0 Å². The van der Waals surface area contributed by atoms with E-state index >= 15 is 0 Å². The predicted molar refractivity (Wildman–Crippen MR) is 124 cm³/mol. The third-order valence-corrected chi connectivity index (χ3v) is 7.19. The summed E-state index contributed by atoms with van der Waals surface area (Å²) in [6, 6.07) is 4.34. The molecular weight excluding hydrogens is 424 g/mol. The van der Waals surface area contributed by atoms with Gasteiger partial charge in [0.2, 0.25) is 0 Å². The first-order valence-corrected chi connectivity index (χ1v) is 11.7. The van der Waals surface area contributed by atoms with Crippen molar-refractivity contribution in [2.75, 3.05) is 32.5 Å². The number of nitrogens with zero attached hydrogens (tertiary/aromatic N) is 5. The summed E-state index contributed by atoms with van der Waals surface area (Å²) in [6.07, 6.45) is 12.1. The second kappa shape index (κ2) is 8.88. The molecule has 1 aromatic carbocycles. The molecule has 9 heteroatoms. The van der Waals surface area contributed by atoms with Crippen molar-refractivity contribution >= 4 is 28.7 Å². The molecule has 166 valence electrons. The molecule has 0 spiro atoms. The zero-order chi connectivity index (χ0) is 22.1. The molecule has 1 saturated heterocycles. The fraction of sp³-hybridized carbons (Fsp3) is 0.435. The summed E-state index contributed by atoms with van der Waals surface area (Å²) in [4.78, 5) is 16.8. The van der Waals surface area contributed by atoms with Crippen molar-refractivity contribution in [1.82, 2.24) is 24.4 Å². The van der Waals surface area contributed by atoms with Crippen LogP contribution in [0.4, 0.5) is 5.82 Å². The quantitative estimate of drug-likeness (QED) is 0.593. The average molecular weight is 451 g/mol. The minimum absolute atomic E-state index is 0.379. The Morgan fingerprint density at radius 3 is 2.81 bits per heavy atom. The second-order valence-electron chi connectivity index (χ2n) is 8.13. The zero-order valence-electron chi connectivity index (χ0n) is 18.1. The molecule has 2 aliphatic rings. The lowest BCUT2D eigenvalue weighted by molar-refractivity contribution is 0.170. The number of piperidine rings is 1. The molecule has 2 N–H and O–H groups in total. The highest BCUT2D eigenvalue weighted by Gasteiger charge is 2.23. The van der Waals surface area contributed by atoms with E-state index in [-0.39, 0.29) is 0 Å². The lowest BCUT2D eigenvalue weighted by atomic mass is 10.0. The average Bonchev–Trinajstić information content (AvgIpc) is 3.16. The number of nitrogen functional groups attached to an aromatic ring is 1. The number of fused-ring (bicyclic) bond motifs is 2. The van der Waals surface area contributed by atoms with Crippen LogP contribution in [0.5, 0.6) is 11.5 Å². The van der Waals surface area contributed by atoms with Crippen LogP contribution < -0.4 is 15.2 Å². The van der Waals surface area contributed by atoms with E-state index in [0.717, 1.165) is 40.8 Å². The largest absolute Gasteiger partial charge is 0.486 e. The van der Waals surface area contributed by atoms with Crippen molar-refractivity contribution in [2.45, 2.75) is 48.3 Å². The summed E-state index contributed by atoms with van der Waals surface area (Å²) >= 11 is 1.50. The van der Waals surface area contributed by atoms with E-state index < -0.39 is 0 Å². The SMILES string of the molecule is C#Cc1cc2c(cc1Sc1nc3c(N)ncnc3n1CCC1CCCCN1C)OCCO2. The Labute approximate surface area is 191 Å². The lowest BCUT2D eigenvalue weighted by Gasteiger charge is -2.32. The number of benzene rings is 1. The van der Waals surface area contributed by atoms with Gasteiger partial charge in [0.25, 0.3) is 0 Å². The van der Waals surface area contributed by atoms with Gasteiger partial charge in [-0.05, 0) is 38.9 Å². The van der Waals surface area contributed by atoms with E-state index in [1.54, 1.807) is 0 Å². The topological polar surface area (TPSA) is 91.3 Å². The molecule has 0 saturated carbocycles. The number of aromatic nitrogens is 4. The standard InChI is InChI=1S/C23H26N6O2S/c1-3-15-12-17-18(31-11-10-30-17)13-19(15)32-23-27-20-21(24)25-14-26-22(20)29(23)9-7-16-6-4-5-8-28(16)2/h1,12-14,16H,4-11H2,2H3,(H2,24,25,26). The minimum atomic E-state index is 0.379. The van der Waals surface area contributed by atoms with Gasteiger partial charge < -0.3 is 24.7 Å². The highest BCUT2D eigenvalue weighted by molar-refractivity contribution is 7.99. The van der Waals surface area contributed by atoms with Crippen LogP contribution in [0.2, 0.25) is 0 Å². The van der Waals surface area contributed by atoms with Crippen molar-refractivity contribution in [2.24, 2.45) is 0 Å². The molecule has 8 nitrogen and oxygen atoms in total. The predicted octanol–water partition coefficient (Wildman–Crippen LogP) is 3.19. The van der Waals surface area contributed by atoms with Gasteiger partial charge in [-0.3, -0.25) is 0 Å². The van der Waals surface area contributed by atoms with E-state index in [1.807, 2.05) is 12.1 Å². The Morgan fingerprint density at radius 1 is 1.22 bits per heavy atom. The summed E-state index contributed by atoms with van der Waals surface area (Å²) < 4.78 is 13.6. The van der Waals surface area contributed by atoms with Gasteiger partial charge in [-0.15, -0.1) is 6.42 Å². The number of anilines is 1. The van der Waals surface area contributed by atoms with Crippen molar-refractivity contribution in [3.63, 3.8) is 0 Å². The van der Waals surface area contributed by atoms with Gasteiger partial charge in [0.1, 0.15) is 19.5 Å². The normalized spacial score (nSPS) is 18.6. The van der Waals surface area contributed by atoms with Gasteiger partial charge in [-0.1, -0.05) is 24.1 Å². The number of terminal acetylenes is 1. The van der Waals surface area contributed by atoms with Crippen LogP contribution >= 0.6 is 11.8 Å². The maximum atomic E-state index is 6.13. The first kappa shape index (κ1) is 20.9. The molecule has 0 radical (unpaired) electrons. The summed E-state index contributed by atoms with van der Waals surface area (Å²) in [5, 5.41) is 0.791. The van der Waals surface area contributed by atoms with E-state index in [9.17, 15) is 0 Å². The lowest BCUT2D eigenvalue weighted by Crippen LogP contribution is -2.36. The van der Waals surface area contributed by atoms with Crippen molar-refractivity contribution in [3.05, 3.63) is 24.0 Å².